The van der Waals surface area contributed by atoms with Gasteiger partial charge in [-0.3, -0.25) is 9.59 Å². The Bertz CT molecular complexity index is 1010. The summed E-state index contributed by atoms with van der Waals surface area (Å²) in [6, 6.07) is 0. The van der Waals surface area contributed by atoms with Crippen molar-refractivity contribution in [2.45, 2.75) is 189 Å². The van der Waals surface area contributed by atoms with Gasteiger partial charge in [0.15, 0.2) is 0 Å². The largest absolute Gasteiger partial charge is 0.485 e. The van der Waals surface area contributed by atoms with E-state index >= 15 is 0 Å². The van der Waals surface area contributed by atoms with Gasteiger partial charge < -0.3 is 15.4 Å². The van der Waals surface area contributed by atoms with Crippen LogP contribution in [-0.4, -0.2) is 17.4 Å². The molecule has 5 heteroatoms. The van der Waals surface area contributed by atoms with Crippen molar-refractivity contribution in [1.29, 1.82) is 0 Å². The van der Waals surface area contributed by atoms with Crippen molar-refractivity contribution in [3.8, 4) is 5.75 Å². The molecule has 2 N–H and O–H groups in total. The summed E-state index contributed by atoms with van der Waals surface area (Å²) in [6.45, 7) is 16.8. The van der Waals surface area contributed by atoms with Crippen molar-refractivity contribution in [3.05, 3.63) is 16.7 Å². The number of amides is 2. The van der Waals surface area contributed by atoms with E-state index in [9.17, 15) is 9.59 Å². The number of carbonyl (C=O) groups is 2. The summed E-state index contributed by atoms with van der Waals surface area (Å²) in [6.07, 6.45) is 23.3. The molecule has 0 aromatic heterocycles. The van der Waals surface area contributed by atoms with E-state index in [1.807, 2.05) is 20.8 Å². The van der Waals surface area contributed by atoms with Crippen molar-refractivity contribution in [3.63, 3.8) is 0 Å². The predicted octanol–water partition coefficient (Wildman–Crippen LogP) is 11.4. The Labute approximate surface area is 265 Å². The minimum Gasteiger partial charge on any atom is -0.485 e. The molecule has 1 aromatic carbocycles. The molecule has 1 heterocycles. The summed E-state index contributed by atoms with van der Waals surface area (Å²) in [5.41, 5.74) is 3.73. The van der Waals surface area contributed by atoms with Crippen LogP contribution in [0.3, 0.4) is 0 Å². The molecule has 2 amide bonds. The molecule has 0 aliphatic carbocycles. The number of unbranched alkanes of at least 4 members (excludes halogenated alkanes) is 15. The van der Waals surface area contributed by atoms with Crippen LogP contribution in [0.2, 0.25) is 0 Å². The molecule has 2 rings (SSSR count). The second-order valence-corrected chi connectivity index (χ2v) is 14.5. The maximum Gasteiger partial charge on any atom is 0.230 e. The second kappa shape index (κ2) is 18.7. The molecule has 0 unspecified atom stereocenters. The highest BCUT2D eigenvalue weighted by Crippen LogP contribution is 2.48. The first-order valence-electron chi connectivity index (χ1n) is 17.9. The fourth-order valence-corrected chi connectivity index (χ4v) is 6.35. The number of hydrogen-bond acceptors (Lipinski definition) is 3. The van der Waals surface area contributed by atoms with Crippen LogP contribution in [0, 0.1) is 19.3 Å². The van der Waals surface area contributed by atoms with Crippen LogP contribution in [0.5, 0.6) is 5.75 Å². The highest BCUT2D eigenvalue weighted by molar-refractivity contribution is 6.01. The zero-order chi connectivity index (χ0) is 31.9. The first kappa shape index (κ1) is 37.1. The number of carbonyl (C=O) groups excluding carboxylic acids is 2. The first-order valence-corrected chi connectivity index (χ1v) is 17.9. The lowest BCUT2D eigenvalue weighted by molar-refractivity contribution is -0.124. The molecule has 0 atom stereocenters. The molecule has 1 aliphatic heterocycles. The summed E-state index contributed by atoms with van der Waals surface area (Å²) in [5.74, 6) is 0.845. The number of nitrogens with one attached hydrogen (secondary N) is 2. The molecule has 5 nitrogen and oxygen atoms in total. The number of fused-ring (bicyclic) bond motifs is 1. The van der Waals surface area contributed by atoms with E-state index in [1.54, 1.807) is 0 Å². The highest BCUT2D eigenvalue weighted by Gasteiger charge is 2.37. The lowest BCUT2D eigenvalue weighted by Crippen LogP contribution is -2.31. The maximum atomic E-state index is 13.7. The lowest BCUT2D eigenvalue weighted by atomic mass is 9.85. The van der Waals surface area contributed by atoms with Crippen LogP contribution >= 0.6 is 0 Å². The number of hydrogen-bond donors (Lipinski definition) is 2. The maximum absolute atomic E-state index is 13.7. The molecular weight excluding hydrogens is 532 g/mol. The van der Waals surface area contributed by atoms with E-state index in [-0.39, 0.29) is 17.4 Å². The third-order valence-corrected chi connectivity index (χ3v) is 9.34. The van der Waals surface area contributed by atoms with Gasteiger partial charge in [0.05, 0.1) is 5.69 Å². The molecular formula is C38H66N2O3. The summed E-state index contributed by atoms with van der Waals surface area (Å²) >= 11 is 0. The monoisotopic (exact) mass is 599 g/mol. The van der Waals surface area contributed by atoms with Gasteiger partial charge in [-0.15, -0.1) is 0 Å². The Balaban J connectivity index is 2.01. The fraction of sp³-hybridized carbons (Fsp3) is 0.789. The number of ether oxygens (including phenoxy) is 1. The van der Waals surface area contributed by atoms with Crippen LogP contribution in [0.1, 0.15) is 180 Å². The normalized spacial score (nSPS) is 14.0. The Morgan fingerprint density at radius 1 is 0.698 bits per heavy atom. The van der Waals surface area contributed by atoms with E-state index in [0.29, 0.717) is 6.42 Å². The van der Waals surface area contributed by atoms with Crippen molar-refractivity contribution in [2.24, 2.45) is 5.41 Å². The van der Waals surface area contributed by atoms with Gasteiger partial charge in [0, 0.05) is 35.1 Å². The van der Waals surface area contributed by atoms with Crippen LogP contribution in [0.15, 0.2) is 0 Å². The third-order valence-electron chi connectivity index (χ3n) is 9.34. The molecule has 0 saturated heterocycles. The summed E-state index contributed by atoms with van der Waals surface area (Å²) < 4.78 is 6.42. The van der Waals surface area contributed by atoms with Crippen molar-refractivity contribution in [1.82, 2.24) is 0 Å². The zero-order valence-electron chi connectivity index (χ0n) is 29.4. The van der Waals surface area contributed by atoms with Crippen LogP contribution in [0.4, 0.5) is 11.4 Å². The van der Waals surface area contributed by atoms with Gasteiger partial charge in [0.2, 0.25) is 11.8 Å². The molecule has 0 bridgehead atoms. The van der Waals surface area contributed by atoms with Crippen LogP contribution < -0.4 is 15.4 Å². The molecule has 43 heavy (non-hydrogen) atoms. The van der Waals surface area contributed by atoms with E-state index < -0.39 is 5.41 Å². The van der Waals surface area contributed by atoms with E-state index in [1.165, 1.54) is 89.9 Å². The van der Waals surface area contributed by atoms with E-state index in [2.05, 4.69) is 45.3 Å². The van der Waals surface area contributed by atoms with Gasteiger partial charge in [-0.05, 0) is 46.1 Å². The topological polar surface area (TPSA) is 67.4 Å². The van der Waals surface area contributed by atoms with Gasteiger partial charge in [-0.25, -0.2) is 0 Å². The average molecular weight is 599 g/mol. The minimum absolute atomic E-state index is 0.0184. The van der Waals surface area contributed by atoms with Crippen molar-refractivity contribution in [2.75, 3.05) is 10.6 Å². The number of benzene rings is 1. The zero-order valence-corrected chi connectivity index (χ0v) is 29.4. The molecule has 246 valence electrons. The van der Waals surface area contributed by atoms with Gasteiger partial charge in [-0.2, -0.15) is 0 Å². The number of rotatable bonds is 22. The fourth-order valence-electron chi connectivity index (χ4n) is 6.35. The Morgan fingerprint density at radius 3 is 1.72 bits per heavy atom. The summed E-state index contributed by atoms with van der Waals surface area (Å²) in [4.78, 5) is 26.7. The van der Waals surface area contributed by atoms with Crippen LogP contribution in [-0.2, 0) is 16.0 Å². The molecule has 0 saturated carbocycles. The molecule has 1 aromatic rings. The highest BCUT2D eigenvalue weighted by atomic mass is 16.5. The lowest BCUT2D eigenvalue weighted by Gasteiger charge is -2.27. The van der Waals surface area contributed by atoms with E-state index in [4.69, 9.17) is 4.74 Å². The Kier molecular flexibility index (Phi) is 16.2. The SMILES string of the molecule is CCCCCCCCCCCC(=O)Nc1c(C)c2c(c(NC(=O)C(C)(C)CCCCCCCCCC)c1C)OC(C)(C)C2. The average Bonchev–Trinajstić information content (AvgIpc) is 3.29. The third kappa shape index (κ3) is 12.5. The molecule has 0 fully saturated rings. The molecule has 0 radical (unpaired) electrons. The van der Waals surface area contributed by atoms with E-state index in [0.717, 1.165) is 65.9 Å². The predicted molar refractivity (Wildman–Crippen MR) is 184 cm³/mol. The van der Waals surface area contributed by atoms with Crippen molar-refractivity contribution < 1.29 is 14.3 Å². The van der Waals surface area contributed by atoms with Gasteiger partial charge >= 0.3 is 0 Å². The van der Waals surface area contributed by atoms with Gasteiger partial charge in [0.1, 0.15) is 11.4 Å². The first-order chi connectivity index (χ1) is 20.4. The number of anilines is 2. The van der Waals surface area contributed by atoms with Crippen LogP contribution in [0.25, 0.3) is 0 Å². The smallest absolute Gasteiger partial charge is 0.230 e. The Hall–Kier alpha value is -2.04. The second-order valence-electron chi connectivity index (χ2n) is 14.5. The van der Waals surface area contributed by atoms with Gasteiger partial charge in [-0.1, -0.05) is 130 Å². The Morgan fingerprint density at radius 2 is 1.19 bits per heavy atom. The standard InChI is InChI=1S/C38H66N2O3/c1-9-11-13-15-17-19-20-22-24-26-32(41)39-33-29(3)31-28-38(7,8)43-35(31)34(30(33)4)40-36(42)37(5,6)27-25-23-21-18-16-14-12-10-2/h9-28H2,1-8H3,(H,39,41)(H,40,42). The summed E-state index contributed by atoms with van der Waals surface area (Å²) in [7, 11) is 0. The minimum atomic E-state index is -0.486. The molecule has 0 spiro atoms. The summed E-state index contributed by atoms with van der Waals surface area (Å²) in [5, 5.41) is 6.51. The molecule has 1 aliphatic rings. The van der Waals surface area contributed by atoms with Gasteiger partial charge in [0.25, 0.3) is 0 Å². The van der Waals surface area contributed by atoms with Crippen molar-refractivity contribution >= 4 is 23.2 Å². The quantitative estimate of drug-likeness (QED) is 0.130.